The number of carbonyl (C=O) groups is 2. The highest BCUT2D eigenvalue weighted by atomic mass is 16.5. The van der Waals surface area contributed by atoms with E-state index in [2.05, 4.69) is 62.5 Å². The molecule has 0 aromatic carbocycles. The van der Waals surface area contributed by atoms with E-state index in [1.54, 1.807) is 0 Å². The summed E-state index contributed by atoms with van der Waals surface area (Å²) in [6.45, 7) is 6.47. The maximum atomic E-state index is 13.2. The zero-order valence-corrected chi connectivity index (χ0v) is 42.9. The van der Waals surface area contributed by atoms with E-state index in [0.717, 1.165) is 64.2 Å². The molecule has 64 heavy (non-hydrogen) atoms. The fourth-order valence-corrected chi connectivity index (χ4v) is 8.67. The number of esters is 1. The van der Waals surface area contributed by atoms with Crippen molar-refractivity contribution in [2.24, 2.45) is 0 Å². The van der Waals surface area contributed by atoms with Crippen LogP contribution in [0.1, 0.15) is 297 Å². The number of ether oxygens (including phenoxy) is 1. The molecule has 0 rings (SSSR count). The van der Waals surface area contributed by atoms with Gasteiger partial charge in [-0.05, 0) is 64.2 Å². The average molecular weight is 901 g/mol. The molecule has 0 heterocycles. The zero-order chi connectivity index (χ0) is 46.7. The fraction of sp³-hybridized carbons (Fsp3) is 0.862. The second-order valence-corrected chi connectivity index (χ2v) is 19.3. The topological polar surface area (TPSA) is 95.9 Å². The van der Waals surface area contributed by atoms with Crippen LogP contribution in [-0.4, -0.2) is 46.9 Å². The summed E-state index contributed by atoms with van der Waals surface area (Å²) in [6.07, 6.45) is 62.0. The van der Waals surface area contributed by atoms with Gasteiger partial charge in [0, 0.05) is 6.42 Å². The van der Waals surface area contributed by atoms with Crippen molar-refractivity contribution in [1.29, 1.82) is 0 Å². The molecule has 0 aliphatic heterocycles. The molecule has 3 unspecified atom stereocenters. The first kappa shape index (κ1) is 62.1. The highest BCUT2D eigenvalue weighted by Crippen LogP contribution is 2.19. The Bertz CT molecular complexity index is 1060. The number of rotatable bonds is 51. The number of aliphatic hydroxyl groups excluding tert-OH is 2. The van der Waals surface area contributed by atoms with Gasteiger partial charge in [0.25, 0.3) is 0 Å². The van der Waals surface area contributed by atoms with Gasteiger partial charge in [0.05, 0.1) is 25.2 Å². The van der Waals surface area contributed by atoms with E-state index in [1.807, 2.05) is 0 Å². The number of amides is 1. The third kappa shape index (κ3) is 46.6. The van der Waals surface area contributed by atoms with E-state index in [0.29, 0.717) is 19.3 Å². The van der Waals surface area contributed by atoms with Crippen molar-refractivity contribution >= 4 is 11.9 Å². The van der Waals surface area contributed by atoms with Crippen LogP contribution in [0, 0.1) is 0 Å². The molecule has 1 amide bonds. The summed E-state index contributed by atoms with van der Waals surface area (Å²) >= 11 is 0. The molecule has 0 saturated carbocycles. The largest absolute Gasteiger partial charge is 0.462 e. The van der Waals surface area contributed by atoms with Crippen molar-refractivity contribution in [2.75, 3.05) is 6.61 Å². The number of carbonyl (C=O) groups excluding carboxylic acids is 2. The van der Waals surface area contributed by atoms with Crippen LogP contribution >= 0.6 is 0 Å². The van der Waals surface area contributed by atoms with Gasteiger partial charge in [0.1, 0.15) is 6.10 Å². The highest BCUT2D eigenvalue weighted by Gasteiger charge is 2.24. The molecule has 0 aromatic heterocycles. The lowest BCUT2D eigenvalue weighted by Crippen LogP contribution is -2.46. The van der Waals surface area contributed by atoms with Crippen molar-refractivity contribution in [3.63, 3.8) is 0 Å². The predicted octanol–water partition coefficient (Wildman–Crippen LogP) is 17.2. The molecular formula is C58H109NO5. The minimum Gasteiger partial charge on any atom is -0.462 e. The van der Waals surface area contributed by atoms with Gasteiger partial charge in [-0.25, -0.2) is 0 Å². The lowest BCUT2D eigenvalue weighted by atomic mass is 10.0. The fourth-order valence-electron chi connectivity index (χ4n) is 8.67. The molecule has 0 fully saturated rings. The van der Waals surface area contributed by atoms with E-state index in [-0.39, 0.29) is 24.9 Å². The maximum Gasteiger partial charge on any atom is 0.306 e. The number of aliphatic hydroxyl groups is 2. The Kier molecular flexibility index (Phi) is 50.5. The first-order chi connectivity index (χ1) is 31.5. The van der Waals surface area contributed by atoms with Crippen LogP contribution < -0.4 is 5.32 Å². The Morgan fingerprint density at radius 3 is 1.23 bits per heavy atom. The first-order valence-corrected chi connectivity index (χ1v) is 28.2. The third-order valence-corrected chi connectivity index (χ3v) is 13.0. The second-order valence-electron chi connectivity index (χ2n) is 19.3. The molecule has 0 aromatic rings. The maximum absolute atomic E-state index is 13.2. The normalized spacial score (nSPS) is 13.4. The molecule has 376 valence electrons. The molecule has 0 saturated heterocycles. The van der Waals surface area contributed by atoms with E-state index < -0.39 is 18.2 Å². The molecule has 3 N–H and O–H groups in total. The summed E-state index contributed by atoms with van der Waals surface area (Å²) < 4.78 is 5.96. The highest BCUT2D eigenvalue weighted by molar-refractivity contribution is 5.77. The van der Waals surface area contributed by atoms with Gasteiger partial charge in [0.15, 0.2) is 0 Å². The van der Waals surface area contributed by atoms with Gasteiger partial charge in [-0.2, -0.15) is 0 Å². The second kappa shape index (κ2) is 52.1. The number of hydrogen-bond donors (Lipinski definition) is 3. The van der Waals surface area contributed by atoms with Crippen LogP contribution in [0.5, 0.6) is 0 Å². The molecule has 0 radical (unpaired) electrons. The van der Waals surface area contributed by atoms with Crippen molar-refractivity contribution in [1.82, 2.24) is 5.32 Å². The van der Waals surface area contributed by atoms with Gasteiger partial charge >= 0.3 is 5.97 Å². The molecule has 0 aliphatic carbocycles. The van der Waals surface area contributed by atoms with Crippen LogP contribution in [0.25, 0.3) is 0 Å². The van der Waals surface area contributed by atoms with Crippen molar-refractivity contribution in [3.8, 4) is 0 Å². The quantitative estimate of drug-likeness (QED) is 0.0321. The lowest BCUT2D eigenvalue weighted by Gasteiger charge is -2.24. The number of unbranched alkanes of at least 4 members (excludes halogenated alkanes) is 33. The molecule has 0 bridgehead atoms. The minimum absolute atomic E-state index is 0.0767. The van der Waals surface area contributed by atoms with Crippen LogP contribution in [0.2, 0.25) is 0 Å². The van der Waals surface area contributed by atoms with Crippen LogP contribution in [0.4, 0.5) is 0 Å². The zero-order valence-electron chi connectivity index (χ0n) is 42.9. The first-order valence-electron chi connectivity index (χ1n) is 28.2. The summed E-state index contributed by atoms with van der Waals surface area (Å²) in [6, 6.07) is -0.701. The predicted molar refractivity (Wildman–Crippen MR) is 278 cm³/mol. The Labute approximate surface area is 398 Å². The SMILES string of the molecule is CCCCC/C=C\C/C=C\C/C=C\CCCCCCCCC(=O)OC(CCCCCCCCCCCCCCCCC)CC(=O)NC(CO)C(O)CCCCCCCCCCCCC. The van der Waals surface area contributed by atoms with E-state index >= 15 is 0 Å². The molecule has 0 spiro atoms. The summed E-state index contributed by atoms with van der Waals surface area (Å²) in [4.78, 5) is 26.2. The van der Waals surface area contributed by atoms with E-state index in [1.165, 1.54) is 186 Å². The Balaban J connectivity index is 4.54. The van der Waals surface area contributed by atoms with Crippen LogP contribution in [-0.2, 0) is 14.3 Å². The molecular weight excluding hydrogens is 791 g/mol. The Hall–Kier alpha value is -1.92. The smallest absolute Gasteiger partial charge is 0.306 e. The Morgan fingerprint density at radius 1 is 0.453 bits per heavy atom. The molecule has 6 heteroatoms. The standard InChI is InChI=1S/C58H109NO5/c1-4-7-10-13-16-19-22-24-26-27-28-29-31-33-36-39-42-45-48-51-58(63)64-54(49-46-43-40-37-35-32-30-25-23-20-17-14-11-8-5-2)52-57(62)59-55(53-60)56(61)50-47-44-41-38-34-21-18-15-12-9-6-3/h16,19,24,26,28-29,54-56,60-61H,4-15,17-18,20-23,25,27,30-53H2,1-3H3,(H,59,62)/b19-16-,26-24-,29-28-. The van der Waals surface area contributed by atoms with Gasteiger partial charge < -0.3 is 20.3 Å². The summed E-state index contributed by atoms with van der Waals surface area (Å²) in [5.41, 5.74) is 0. The van der Waals surface area contributed by atoms with Gasteiger partial charge in [-0.3, -0.25) is 9.59 Å². The van der Waals surface area contributed by atoms with E-state index in [4.69, 9.17) is 4.74 Å². The third-order valence-electron chi connectivity index (χ3n) is 13.0. The van der Waals surface area contributed by atoms with Gasteiger partial charge in [0.2, 0.25) is 5.91 Å². The van der Waals surface area contributed by atoms with Crippen LogP contribution in [0.3, 0.4) is 0 Å². The monoisotopic (exact) mass is 900 g/mol. The number of allylic oxidation sites excluding steroid dienone is 6. The average Bonchev–Trinajstić information content (AvgIpc) is 3.29. The van der Waals surface area contributed by atoms with Gasteiger partial charge in [-0.1, -0.05) is 256 Å². The number of nitrogens with one attached hydrogen (secondary N) is 1. The Morgan fingerprint density at radius 2 is 0.797 bits per heavy atom. The van der Waals surface area contributed by atoms with Crippen molar-refractivity contribution in [3.05, 3.63) is 36.5 Å². The van der Waals surface area contributed by atoms with Crippen molar-refractivity contribution in [2.45, 2.75) is 315 Å². The van der Waals surface area contributed by atoms with Crippen LogP contribution in [0.15, 0.2) is 36.5 Å². The molecule has 6 nitrogen and oxygen atoms in total. The van der Waals surface area contributed by atoms with Crippen molar-refractivity contribution < 1.29 is 24.5 Å². The summed E-state index contributed by atoms with van der Waals surface area (Å²) in [5, 5.41) is 23.8. The number of hydrogen-bond acceptors (Lipinski definition) is 5. The van der Waals surface area contributed by atoms with E-state index in [9.17, 15) is 19.8 Å². The lowest BCUT2D eigenvalue weighted by molar-refractivity contribution is -0.151. The minimum atomic E-state index is -0.787. The molecule has 0 aliphatic rings. The summed E-state index contributed by atoms with van der Waals surface area (Å²) in [5.74, 6) is -0.473. The summed E-state index contributed by atoms with van der Waals surface area (Å²) in [7, 11) is 0. The van der Waals surface area contributed by atoms with Gasteiger partial charge in [-0.15, -0.1) is 0 Å². The molecule has 3 atom stereocenters.